The third kappa shape index (κ3) is 15.3. The van der Waals surface area contributed by atoms with E-state index in [9.17, 15) is 0 Å². The van der Waals surface area contributed by atoms with E-state index >= 15 is 0 Å². The lowest BCUT2D eigenvalue weighted by atomic mass is 9.97. The predicted molar refractivity (Wildman–Crippen MR) is 296 cm³/mol. The molecule has 0 radical (unpaired) electrons. The summed E-state index contributed by atoms with van der Waals surface area (Å²) in [5.41, 5.74) is 25.6. The Morgan fingerprint density at radius 2 is 0.459 bits per heavy atom. The highest BCUT2D eigenvalue weighted by atomic mass is 14.3. The fourth-order valence-corrected chi connectivity index (χ4v) is 7.68. The monoisotopic (exact) mass is 835 g/mol. The molecular weight excluding hydrogens is 733 g/mol. The molecule has 6 aromatic rings. The highest BCUT2D eigenvalue weighted by molar-refractivity contribution is 5.80. The highest BCUT2D eigenvalue weighted by Gasteiger charge is 2.25. The SMILES string of the molecule is C.C.C.C.C.C.C.C.C.C.C.C.C.CC.Cc1ccc2c(c1)C(C)c1cc(C)ccc1-2.Cc1ccc2c(c1)Cc1cc(C)ccc1-2.Cc1ccc2c(c1)Cc1cc(C)ccc1-2. The zero-order valence-corrected chi connectivity index (χ0v) is 30.4. The van der Waals surface area contributed by atoms with Crippen LogP contribution in [0.5, 0.6) is 0 Å². The highest BCUT2D eigenvalue weighted by Crippen LogP contribution is 2.45. The largest absolute Gasteiger partial charge is 0.0776 e. The molecule has 0 heteroatoms. The molecule has 0 fully saturated rings. The van der Waals surface area contributed by atoms with Crippen LogP contribution >= 0.6 is 0 Å². The minimum Gasteiger partial charge on any atom is -0.0776 e. The Bertz CT molecular complexity index is 1870. The lowest BCUT2D eigenvalue weighted by Crippen LogP contribution is -1.90. The molecule has 0 nitrogen and oxygen atoms in total. The summed E-state index contributed by atoms with van der Waals surface area (Å²) in [6.07, 6.45) is 2.21. The van der Waals surface area contributed by atoms with Gasteiger partial charge in [-0.1, -0.05) is 260 Å². The van der Waals surface area contributed by atoms with Crippen molar-refractivity contribution in [2.45, 2.75) is 178 Å². The van der Waals surface area contributed by atoms with E-state index in [1.54, 1.807) is 0 Å². The molecule has 0 saturated carbocycles. The fraction of sp³-hybridized carbons (Fsp3) is 0.410. The molecule has 3 aliphatic rings. The molecule has 0 aliphatic heterocycles. The van der Waals surface area contributed by atoms with Gasteiger partial charge >= 0.3 is 0 Å². The molecular formula is C61H102. The Morgan fingerprint density at radius 1 is 0.279 bits per heavy atom. The van der Waals surface area contributed by atoms with Gasteiger partial charge in [-0.3, -0.25) is 0 Å². The average Bonchev–Trinajstić information content (AvgIpc) is 3.70. The molecule has 0 bridgehead atoms. The van der Waals surface area contributed by atoms with Crippen LogP contribution < -0.4 is 0 Å². The summed E-state index contributed by atoms with van der Waals surface area (Å²) >= 11 is 0. The molecule has 0 aromatic heterocycles. The van der Waals surface area contributed by atoms with Crippen molar-refractivity contribution in [1.82, 2.24) is 0 Å². The van der Waals surface area contributed by atoms with Crippen molar-refractivity contribution in [2.24, 2.45) is 0 Å². The molecule has 0 saturated heterocycles. The number of benzene rings is 6. The summed E-state index contributed by atoms with van der Waals surface area (Å²) < 4.78 is 0. The zero-order valence-electron chi connectivity index (χ0n) is 30.4. The van der Waals surface area contributed by atoms with Crippen molar-refractivity contribution in [3.8, 4) is 33.4 Å². The number of aryl methyl sites for hydroxylation is 6. The Balaban J connectivity index is -0.000000102. The van der Waals surface area contributed by atoms with Crippen molar-refractivity contribution in [2.75, 3.05) is 0 Å². The molecule has 0 heterocycles. The molecule has 346 valence electrons. The third-order valence-electron chi connectivity index (χ3n) is 10.0. The van der Waals surface area contributed by atoms with E-state index in [0.29, 0.717) is 5.92 Å². The van der Waals surface area contributed by atoms with Crippen molar-refractivity contribution in [3.63, 3.8) is 0 Å². The maximum atomic E-state index is 2.33. The first kappa shape index (κ1) is 73.8. The topological polar surface area (TPSA) is 0 Å². The van der Waals surface area contributed by atoms with Crippen molar-refractivity contribution in [1.29, 1.82) is 0 Å². The predicted octanol–water partition coefficient (Wildman–Crippen LogP) is 21.5. The quantitative estimate of drug-likeness (QED) is 0.143. The Hall–Kier alpha value is -4.68. The van der Waals surface area contributed by atoms with Gasteiger partial charge in [-0.05, 0) is 121 Å². The van der Waals surface area contributed by atoms with Gasteiger partial charge in [-0.2, -0.15) is 0 Å². The molecule has 0 N–H and O–H groups in total. The molecule has 3 aliphatic carbocycles. The van der Waals surface area contributed by atoms with Crippen molar-refractivity contribution >= 4 is 0 Å². The summed E-state index contributed by atoms with van der Waals surface area (Å²) in [7, 11) is 0. The van der Waals surface area contributed by atoms with Crippen LogP contribution in [0.1, 0.15) is 190 Å². The summed E-state index contributed by atoms with van der Waals surface area (Å²) in [6.45, 7) is 19.3. The van der Waals surface area contributed by atoms with E-state index in [0.717, 1.165) is 12.8 Å². The van der Waals surface area contributed by atoms with E-state index in [1.165, 1.54) is 100 Å². The van der Waals surface area contributed by atoms with Gasteiger partial charge in [0.1, 0.15) is 0 Å². The van der Waals surface area contributed by atoms with Gasteiger partial charge in [0.25, 0.3) is 0 Å². The van der Waals surface area contributed by atoms with Crippen LogP contribution in [0.25, 0.3) is 33.4 Å². The van der Waals surface area contributed by atoms with E-state index in [1.807, 2.05) is 13.8 Å². The first-order valence-electron chi connectivity index (χ1n) is 17.7. The van der Waals surface area contributed by atoms with Gasteiger partial charge in [0.05, 0.1) is 0 Å². The van der Waals surface area contributed by atoms with Gasteiger partial charge in [-0.25, -0.2) is 0 Å². The molecule has 6 aromatic carbocycles. The van der Waals surface area contributed by atoms with Crippen molar-refractivity contribution < 1.29 is 0 Å². The van der Waals surface area contributed by atoms with Crippen LogP contribution in [0.15, 0.2) is 109 Å². The Kier molecular flexibility index (Phi) is 37.8. The van der Waals surface area contributed by atoms with Crippen LogP contribution in [0.2, 0.25) is 0 Å². The molecule has 0 atom stereocenters. The van der Waals surface area contributed by atoms with E-state index in [-0.39, 0.29) is 96.5 Å². The van der Waals surface area contributed by atoms with Gasteiger partial charge in [0.15, 0.2) is 0 Å². The number of hydrogen-bond donors (Lipinski definition) is 0. The van der Waals surface area contributed by atoms with Crippen LogP contribution in [-0.2, 0) is 12.8 Å². The number of fused-ring (bicyclic) bond motifs is 9. The minimum atomic E-state index is 0. The normalized spacial score (nSPS) is 9.79. The molecule has 61 heavy (non-hydrogen) atoms. The van der Waals surface area contributed by atoms with Crippen LogP contribution in [0.3, 0.4) is 0 Å². The van der Waals surface area contributed by atoms with Crippen LogP contribution in [0, 0.1) is 41.5 Å². The van der Waals surface area contributed by atoms with Gasteiger partial charge in [-0.15, -0.1) is 0 Å². The summed E-state index contributed by atoms with van der Waals surface area (Å²) in [5.74, 6) is 0.546. The average molecular weight is 835 g/mol. The lowest BCUT2D eigenvalue weighted by Gasteiger charge is -2.07. The second-order valence-electron chi connectivity index (χ2n) is 13.9. The second-order valence-corrected chi connectivity index (χ2v) is 13.9. The van der Waals surface area contributed by atoms with E-state index < -0.39 is 0 Å². The number of hydrogen-bond acceptors (Lipinski definition) is 0. The molecule has 0 amide bonds. The minimum absolute atomic E-state index is 0. The first-order valence-corrected chi connectivity index (χ1v) is 17.7. The first-order chi connectivity index (χ1) is 23.1. The summed E-state index contributed by atoms with van der Waals surface area (Å²) in [6, 6.07) is 40.7. The van der Waals surface area contributed by atoms with Crippen LogP contribution in [-0.4, -0.2) is 0 Å². The lowest BCUT2D eigenvalue weighted by molar-refractivity contribution is 0.952. The number of rotatable bonds is 0. The van der Waals surface area contributed by atoms with Gasteiger partial charge < -0.3 is 0 Å². The Labute approximate surface area is 385 Å². The summed E-state index contributed by atoms with van der Waals surface area (Å²) in [5, 5.41) is 0. The van der Waals surface area contributed by atoms with Crippen molar-refractivity contribution in [3.05, 3.63) is 176 Å². The molecule has 0 unspecified atom stereocenters. The zero-order chi connectivity index (χ0) is 34.1. The maximum absolute atomic E-state index is 2.33. The Morgan fingerprint density at radius 3 is 0.672 bits per heavy atom. The van der Waals surface area contributed by atoms with Gasteiger partial charge in [0.2, 0.25) is 0 Å². The smallest absolute Gasteiger partial charge is 0.00735 e. The van der Waals surface area contributed by atoms with Gasteiger partial charge in [0, 0.05) is 5.92 Å². The van der Waals surface area contributed by atoms with E-state index in [2.05, 4.69) is 158 Å². The van der Waals surface area contributed by atoms with Crippen LogP contribution in [0.4, 0.5) is 0 Å². The second kappa shape index (κ2) is 31.2. The summed E-state index contributed by atoms with van der Waals surface area (Å²) in [4.78, 5) is 0. The standard InChI is InChI=1S/C16H16.2C15H14.C2H6.13CH4/c1-10-4-6-13-14-7-5-11(2)9-16(14)12(3)15(13)8-10;2*1-10-3-5-14-12(7-10)9-13-8-11(2)4-6-15(13)14;1-2;;;;;;;;;;;;;/h4-9,12H,1-3H3;2*3-8H,9H2,1-2H3;1-2H3;13*1H4. The third-order valence-corrected chi connectivity index (χ3v) is 10.0. The van der Waals surface area contributed by atoms with E-state index in [4.69, 9.17) is 0 Å². The molecule has 0 spiro atoms. The maximum Gasteiger partial charge on any atom is 0.00735 e. The fourth-order valence-electron chi connectivity index (χ4n) is 7.68. The molecule has 9 rings (SSSR count).